The lowest BCUT2D eigenvalue weighted by molar-refractivity contribution is -0.178. The van der Waals surface area contributed by atoms with Crippen LogP contribution >= 0.6 is 0 Å². The molecule has 4 atom stereocenters. The molecule has 1 aromatic rings. The quantitative estimate of drug-likeness (QED) is 0.503. The highest BCUT2D eigenvalue weighted by Crippen LogP contribution is 2.64. The minimum atomic E-state index is -2.57. The van der Waals surface area contributed by atoms with E-state index < -0.39 is 56.8 Å². The molecule has 4 rings (SSSR count). The fraction of sp³-hybridized carbons (Fsp3) is 0.500. The molecule has 3 aliphatic rings. The van der Waals surface area contributed by atoms with Crippen LogP contribution in [0.4, 0.5) is 0 Å². The van der Waals surface area contributed by atoms with Crippen molar-refractivity contribution in [3.63, 3.8) is 0 Å². The average Bonchev–Trinajstić information content (AvgIpc) is 2.67. The van der Waals surface area contributed by atoms with Crippen LogP contribution in [-0.4, -0.2) is 43.4 Å². The maximum absolute atomic E-state index is 14.0. The zero-order valence-corrected chi connectivity index (χ0v) is 19.7. The number of aromatic hydroxyl groups is 1. The molecule has 0 aromatic heterocycles. The molecule has 0 heterocycles. The lowest BCUT2D eigenvalue weighted by Crippen LogP contribution is -2.69. The first kappa shape index (κ1) is 23.2. The molecule has 0 bridgehead atoms. The summed E-state index contributed by atoms with van der Waals surface area (Å²) in [6, 6.07) is 3.51. The number of rotatable bonds is 2. The van der Waals surface area contributed by atoms with E-state index in [0.717, 1.165) is 6.92 Å². The number of phenols is 1. The summed E-state index contributed by atoms with van der Waals surface area (Å²) in [6.45, 7) is 9.72. The summed E-state index contributed by atoms with van der Waals surface area (Å²) in [5.41, 5.74) is -4.36. The molecule has 7 nitrogen and oxygen atoms in total. The van der Waals surface area contributed by atoms with E-state index in [2.05, 4.69) is 0 Å². The van der Waals surface area contributed by atoms with Gasteiger partial charge in [0.15, 0.2) is 17.2 Å². The largest absolute Gasteiger partial charge is 0.508 e. The summed E-state index contributed by atoms with van der Waals surface area (Å²) in [4.78, 5) is 39.7. The Hall–Kier alpha value is -2.93. The molecule has 7 heteroatoms. The Morgan fingerprint density at radius 1 is 1.12 bits per heavy atom. The van der Waals surface area contributed by atoms with Crippen LogP contribution in [0.2, 0.25) is 0 Å². The second-order valence-corrected chi connectivity index (χ2v) is 10.7. The Morgan fingerprint density at radius 3 is 2.27 bits per heavy atom. The number of Topliss-reactive ketones (excluding diaryl/α,β-unsaturated/α-hetero) is 3. The zero-order valence-electron chi connectivity index (χ0n) is 19.7. The van der Waals surface area contributed by atoms with Gasteiger partial charge in [-0.25, -0.2) is 0 Å². The second kappa shape index (κ2) is 6.79. The molecular weight excluding hydrogens is 424 g/mol. The highest BCUT2D eigenvalue weighted by molar-refractivity contribution is 6.24. The Bertz CT molecular complexity index is 1200. The lowest BCUT2D eigenvalue weighted by atomic mass is 9.43. The molecule has 1 aromatic carbocycles. The van der Waals surface area contributed by atoms with Crippen molar-refractivity contribution < 1.29 is 34.8 Å². The van der Waals surface area contributed by atoms with Crippen molar-refractivity contribution in [3.8, 4) is 5.75 Å². The van der Waals surface area contributed by atoms with Gasteiger partial charge in [0.05, 0.1) is 5.56 Å². The van der Waals surface area contributed by atoms with Crippen LogP contribution in [0.15, 0.2) is 29.0 Å². The first-order chi connectivity index (χ1) is 15.1. The van der Waals surface area contributed by atoms with Crippen LogP contribution in [0.1, 0.15) is 57.7 Å². The van der Waals surface area contributed by atoms with Gasteiger partial charge in [0.25, 0.3) is 0 Å². The minimum Gasteiger partial charge on any atom is -0.508 e. The molecule has 1 saturated carbocycles. The van der Waals surface area contributed by atoms with E-state index in [-0.39, 0.29) is 35.6 Å². The van der Waals surface area contributed by atoms with Gasteiger partial charge in [-0.15, -0.1) is 0 Å². The standard InChI is InChI=1S/C26H30O7/c1-11(2)17-20(29)15(13(4)27)22(31)26(33)23(32)18-21(30)16-14(8-7-12(3)19(16)28)9-24(18,5)10-25(17,26)6/h7-8,11,17,28,30-31,33H,9-10H2,1-6H3/t17?,24-,25-,26+/m1/s1. The van der Waals surface area contributed by atoms with Gasteiger partial charge in [-0.05, 0) is 43.7 Å². The first-order valence-electron chi connectivity index (χ1n) is 11.1. The number of fused-ring (bicyclic) bond motifs is 3. The fourth-order valence-electron chi connectivity index (χ4n) is 6.81. The molecule has 4 N–H and O–H groups in total. The molecule has 0 saturated heterocycles. The number of hydrogen-bond acceptors (Lipinski definition) is 7. The Morgan fingerprint density at radius 2 is 1.73 bits per heavy atom. The normalized spacial score (nSPS) is 33.8. The van der Waals surface area contributed by atoms with Crippen LogP contribution < -0.4 is 0 Å². The third-order valence-electron chi connectivity index (χ3n) is 8.08. The van der Waals surface area contributed by atoms with Crippen molar-refractivity contribution in [3.05, 3.63) is 45.7 Å². The Kier molecular flexibility index (Phi) is 4.78. The number of ketones is 3. The topological polar surface area (TPSA) is 132 Å². The number of hydrogen-bond donors (Lipinski definition) is 4. The predicted molar refractivity (Wildman–Crippen MR) is 121 cm³/mol. The number of aryl methyl sites for hydroxylation is 1. The van der Waals surface area contributed by atoms with Crippen molar-refractivity contribution in [1.29, 1.82) is 0 Å². The van der Waals surface area contributed by atoms with E-state index in [1.54, 1.807) is 46.8 Å². The number of aliphatic hydroxyl groups is 3. The number of carbonyl (C=O) groups is 3. The van der Waals surface area contributed by atoms with Crippen LogP contribution in [-0.2, 0) is 20.8 Å². The van der Waals surface area contributed by atoms with Gasteiger partial charge in [-0.2, -0.15) is 0 Å². The van der Waals surface area contributed by atoms with Crippen LogP contribution in [0.3, 0.4) is 0 Å². The van der Waals surface area contributed by atoms with E-state index in [1.165, 1.54) is 0 Å². The van der Waals surface area contributed by atoms with Gasteiger partial charge in [-0.1, -0.05) is 39.8 Å². The molecule has 1 unspecified atom stereocenters. The van der Waals surface area contributed by atoms with Gasteiger partial charge in [-0.3, -0.25) is 14.4 Å². The molecule has 3 aliphatic carbocycles. The number of aliphatic hydroxyl groups excluding tert-OH is 2. The Balaban J connectivity index is 2.09. The van der Waals surface area contributed by atoms with Gasteiger partial charge >= 0.3 is 0 Å². The average molecular weight is 455 g/mol. The molecule has 33 heavy (non-hydrogen) atoms. The van der Waals surface area contributed by atoms with Crippen molar-refractivity contribution in [2.75, 3.05) is 0 Å². The van der Waals surface area contributed by atoms with Crippen molar-refractivity contribution in [2.24, 2.45) is 22.7 Å². The third kappa shape index (κ3) is 2.63. The number of carbonyl (C=O) groups excluding carboxylic acids is 3. The fourth-order valence-corrected chi connectivity index (χ4v) is 6.81. The smallest absolute Gasteiger partial charge is 0.203 e. The summed E-state index contributed by atoms with van der Waals surface area (Å²) < 4.78 is 0. The summed E-state index contributed by atoms with van der Waals surface area (Å²) in [6.07, 6.45) is 0.384. The molecule has 0 spiro atoms. The van der Waals surface area contributed by atoms with E-state index in [0.29, 0.717) is 11.1 Å². The van der Waals surface area contributed by atoms with Gasteiger partial charge in [0.1, 0.15) is 22.8 Å². The summed E-state index contributed by atoms with van der Waals surface area (Å²) in [5.74, 6) is -5.07. The molecule has 176 valence electrons. The van der Waals surface area contributed by atoms with Gasteiger partial charge in [0.2, 0.25) is 5.78 Å². The zero-order chi connectivity index (χ0) is 24.8. The number of benzene rings is 1. The van der Waals surface area contributed by atoms with Crippen LogP contribution in [0.5, 0.6) is 5.75 Å². The molecule has 0 amide bonds. The summed E-state index contributed by atoms with van der Waals surface area (Å²) >= 11 is 0. The van der Waals surface area contributed by atoms with Crippen molar-refractivity contribution >= 4 is 23.1 Å². The summed E-state index contributed by atoms with van der Waals surface area (Å²) in [5, 5.41) is 44.8. The van der Waals surface area contributed by atoms with Gasteiger partial charge in [0, 0.05) is 22.3 Å². The van der Waals surface area contributed by atoms with Crippen LogP contribution in [0, 0.1) is 29.6 Å². The maximum atomic E-state index is 14.0. The SMILES string of the molecule is CC(=O)C1=C(O)[C@]2(O)C(=O)C3=C(O)c4c(ccc(C)c4O)C[C@]3(C)C[C@]2(C)C(C(C)C)C1=O. The monoisotopic (exact) mass is 454 g/mol. The van der Waals surface area contributed by atoms with E-state index >= 15 is 0 Å². The van der Waals surface area contributed by atoms with E-state index in [9.17, 15) is 34.8 Å². The van der Waals surface area contributed by atoms with E-state index in [4.69, 9.17) is 0 Å². The molecular formula is C26H30O7. The van der Waals surface area contributed by atoms with E-state index in [1.807, 2.05) is 0 Å². The second-order valence-electron chi connectivity index (χ2n) is 10.7. The number of allylic oxidation sites excluding steroid dienone is 1. The molecule has 0 radical (unpaired) electrons. The lowest BCUT2D eigenvalue weighted by Gasteiger charge is -2.59. The number of phenolic OH excluding ortho intramolecular Hbond substituents is 1. The predicted octanol–water partition coefficient (Wildman–Crippen LogP) is 3.50. The van der Waals surface area contributed by atoms with Crippen molar-refractivity contribution in [1.82, 2.24) is 0 Å². The highest BCUT2D eigenvalue weighted by Gasteiger charge is 2.72. The van der Waals surface area contributed by atoms with Gasteiger partial charge < -0.3 is 20.4 Å². The highest BCUT2D eigenvalue weighted by atomic mass is 16.3. The van der Waals surface area contributed by atoms with Crippen molar-refractivity contribution in [2.45, 2.75) is 60.0 Å². The maximum Gasteiger partial charge on any atom is 0.203 e. The third-order valence-corrected chi connectivity index (χ3v) is 8.08. The minimum absolute atomic E-state index is 0.0968. The Labute approximate surface area is 192 Å². The molecule has 1 fully saturated rings. The first-order valence-corrected chi connectivity index (χ1v) is 11.1. The summed E-state index contributed by atoms with van der Waals surface area (Å²) in [7, 11) is 0. The van der Waals surface area contributed by atoms with Crippen LogP contribution in [0.25, 0.3) is 5.76 Å². The molecule has 0 aliphatic heterocycles.